The number of rotatable bonds is 1. The lowest BCUT2D eigenvalue weighted by Crippen LogP contribution is -3.18. The number of hydrogen-bond donors (Lipinski definition) is 3. The largest absolute Gasteiger partial charge is 0.341 e. The van der Waals surface area contributed by atoms with E-state index in [1.807, 2.05) is 0 Å². The molecule has 15 heavy (non-hydrogen) atoms. The molecular weight excluding hydrogens is 188 g/mol. The number of piperazine rings is 1. The van der Waals surface area contributed by atoms with Crippen LogP contribution in [-0.2, 0) is 0 Å². The van der Waals surface area contributed by atoms with E-state index in [4.69, 9.17) is 11.5 Å². The maximum absolute atomic E-state index is 5.60. The third-order valence-corrected chi connectivity index (χ3v) is 3.95. The molecule has 1 saturated carbocycles. The van der Waals surface area contributed by atoms with Gasteiger partial charge in [0.2, 0.25) is 0 Å². The van der Waals surface area contributed by atoms with Gasteiger partial charge in [0.15, 0.2) is 0 Å². The molecule has 0 aromatic carbocycles. The third-order valence-electron chi connectivity index (χ3n) is 3.95. The van der Waals surface area contributed by atoms with E-state index in [-0.39, 0.29) is 0 Å². The van der Waals surface area contributed by atoms with Crippen LogP contribution in [0.2, 0.25) is 0 Å². The van der Waals surface area contributed by atoms with Crippen molar-refractivity contribution in [1.82, 2.24) is 0 Å². The van der Waals surface area contributed by atoms with E-state index in [0.717, 1.165) is 19.1 Å². The highest BCUT2D eigenvalue weighted by molar-refractivity contribution is 5.70. The second-order valence-corrected chi connectivity index (χ2v) is 4.91. The molecule has 4 nitrogen and oxygen atoms in total. The summed E-state index contributed by atoms with van der Waals surface area (Å²) in [5.41, 5.74) is 11.2. The zero-order chi connectivity index (χ0) is 10.7. The molecular formula is C11H24N4+2. The van der Waals surface area contributed by atoms with E-state index in [0.29, 0.717) is 5.96 Å². The highest BCUT2D eigenvalue weighted by Crippen LogP contribution is 2.15. The number of nitrogens with one attached hydrogen (secondary N) is 1. The van der Waals surface area contributed by atoms with Gasteiger partial charge in [0, 0.05) is 0 Å². The summed E-state index contributed by atoms with van der Waals surface area (Å²) in [6, 6.07) is 0.917. The van der Waals surface area contributed by atoms with E-state index in [1.54, 1.807) is 4.90 Å². The van der Waals surface area contributed by atoms with Crippen LogP contribution in [-0.4, -0.2) is 42.8 Å². The standard InChI is InChI=1S/C11H22N4/c12-11(13)15-8-6-14(7-9-15)10-4-2-1-3-5-10/h10H,1-9H2,(H3,12,13)/p+2. The smallest absolute Gasteiger partial charge is 0.327 e. The summed E-state index contributed by atoms with van der Waals surface area (Å²) in [5.74, 6) is 0.498. The molecule has 86 valence electrons. The maximum Gasteiger partial charge on any atom is 0.341 e. The Kier molecular flexibility index (Phi) is 3.46. The van der Waals surface area contributed by atoms with Crippen LogP contribution in [0, 0.1) is 0 Å². The van der Waals surface area contributed by atoms with Crippen molar-refractivity contribution in [3.63, 3.8) is 0 Å². The molecule has 0 unspecified atom stereocenters. The van der Waals surface area contributed by atoms with Gasteiger partial charge in [-0.25, -0.2) is 0 Å². The molecule has 0 amide bonds. The molecule has 0 radical (unpaired) electrons. The summed E-state index contributed by atoms with van der Waals surface area (Å²) in [6.45, 7) is 4.49. The predicted octanol–water partition coefficient (Wildman–Crippen LogP) is -1.50. The zero-order valence-corrected chi connectivity index (χ0v) is 9.54. The molecule has 5 N–H and O–H groups in total. The van der Waals surface area contributed by atoms with Gasteiger partial charge >= 0.3 is 5.96 Å². The average Bonchev–Trinajstić information content (AvgIpc) is 2.30. The lowest BCUT2D eigenvalue weighted by molar-refractivity contribution is -0.955. The Bertz CT molecular complexity index is 229. The minimum Gasteiger partial charge on any atom is -0.327 e. The lowest BCUT2D eigenvalue weighted by Gasteiger charge is -2.34. The van der Waals surface area contributed by atoms with Gasteiger partial charge in [0.25, 0.3) is 0 Å². The van der Waals surface area contributed by atoms with Gasteiger partial charge in [-0.05, 0) is 25.7 Å². The van der Waals surface area contributed by atoms with Crippen molar-refractivity contribution in [3.8, 4) is 0 Å². The lowest BCUT2D eigenvalue weighted by atomic mass is 9.94. The average molecular weight is 212 g/mol. The Hall–Kier alpha value is -0.770. The van der Waals surface area contributed by atoms with Crippen molar-refractivity contribution in [3.05, 3.63) is 0 Å². The summed E-state index contributed by atoms with van der Waals surface area (Å²) < 4.78 is 2.10. The molecule has 2 fully saturated rings. The maximum atomic E-state index is 5.60. The zero-order valence-electron chi connectivity index (χ0n) is 9.54. The summed E-state index contributed by atoms with van der Waals surface area (Å²) in [5, 5.41) is 0. The first-order valence-electron chi connectivity index (χ1n) is 6.25. The minimum atomic E-state index is 0.498. The molecule has 0 atom stereocenters. The van der Waals surface area contributed by atoms with Crippen molar-refractivity contribution in [2.24, 2.45) is 11.5 Å². The quantitative estimate of drug-likeness (QED) is 0.366. The van der Waals surface area contributed by atoms with Gasteiger partial charge in [-0.2, -0.15) is 0 Å². The Morgan fingerprint density at radius 1 is 1.00 bits per heavy atom. The molecule has 1 heterocycles. The summed E-state index contributed by atoms with van der Waals surface area (Å²) in [6.07, 6.45) is 7.17. The van der Waals surface area contributed by atoms with E-state index >= 15 is 0 Å². The fourth-order valence-electron chi connectivity index (χ4n) is 2.97. The van der Waals surface area contributed by atoms with Gasteiger partial charge in [-0.15, -0.1) is 0 Å². The fraction of sp³-hybridized carbons (Fsp3) is 0.909. The molecule has 0 aromatic rings. The molecule has 0 bridgehead atoms. The van der Waals surface area contributed by atoms with Crippen LogP contribution < -0.4 is 16.4 Å². The summed E-state index contributed by atoms with van der Waals surface area (Å²) in [7, 11) is 0. The number of nitrogens with two attached hydrogens (primary N) is 2. The normalized spacial score (nSPS) is 29.1. The van der Waals surface area contributed by atoms with Gasteiger partial charge in [0.1, 0.15) is 26.2 Å². The second kappa shape index (κ2) is 4.84. The molecule has 4 heteroatoms. The van der Waals surface area contributed by atoms with Crippen molar-refractivity contribution >= 4 is 5.96 Å². The Labute approximate surface area is 91.9 Å². The minimum absolute atomic E-state index is 0.498. The van der Waals surface area contributed by atoms with E-state index in [2.05, 4.69) is 4.58 Å². The van der Waals surface area contributed by atoms with Crippen molar-refractivity contribution in [2.45, 2.75) is 38.1 Å². The Morgan fingerprint density at radius 3 is 2.13 bits per heavy atom. The second-order valence-electron chi connectivity index (χ2n) is 4.91. The van der Waals surface area contributed by atoms with Crippen LogP contribution >= 0.6 is 0 Å². The Balaban J connectivity index is 1.84. The van der Waals surface area contributed by atoms with Gasteiger partial charge in [-0.1, -0.05) is 6.42 Å². The molecule has 1 aliphatic carbocycles. The summed E-state index contributed by atoms with van der Waals surface area (Å²) in [4.78, 5) is 1.78. The monoisotopic (exact) mass is 212 g/mol. The SMILES string of the molecule is NC(N)=[N+]1CC[NH+](C2CCCCC2)CC1. The topological polar surface area (TPSA) is 59.5 Å². The first kappa shape index (κ1) is 10.7. The molecule has 0 aromatic heterocycles. The number of nitrogens with zero attached hydrogens (tertiary/aromatic N) is 1. The van der Waals surface area contributed by atoms with E-state index < -0.39 is 0 Å². The van der Waals surface area contributed by atoms with E-state index in [1.165, 1.54) is 45.2 Å². The predicted molar refractivity (Wildman–Crippen MR) is 60.9 cm³/mol. The molecule has 2 rings (SSSR count). The molecule has 1 saturated heterocycles. The van der Waals surface area contributed by atoms with Gasteiger partial charge in [-0.3, -0.25) is 16.0 Å². The number of quaternary nitrogens is 1. The first-order valence-corrected chi connectivity index (χ1v) is 6.25. The van der Waals surface area contributed by atoms with Crippen LogP contribution in [0.15, 0.2) is 0 Å². The number of guanidine groups is 1. The first-order chi connectivity index (χ1) is 7.27. The molecule has 0 spiro atoms. The van der Waals surface area contributed by atoms with Crippen molar-refractivity contribution in [1.29, 1.82) is 0 Å². The van der Waals surface area contributed by atoms with Crippen LogP contribution in [0.1, 0.15) is 32.1 Å². The van der Waals surface area contributed by atoms with Crippen LogP contribution in [0.4, 0.5) is 0 Å². The Morgan fingerprint density at radius 2 is 1.60 bits per heavy atom. The van der Waals surface area contributed by atoms with Crippen LogP contribution in [0.5, 0.6) is 0 Å². The molecule has 2 aliphatic rings. The van der Waals surface area contributed by atoms with Crippen molar-refractivity contribution in [2.75, 3.05) is 26.2 Å². The summed E-state index contributed by atoms with van der Waals surface area (Å²) >= 11 is 0. The van der Waals surface area contributed by atoms with Crippen LogP contribution in [0.25, 0.3) is 0 Å². The highest BCUT2D eigenvalue weighted by Gasteiger charge is 2.28. The number of hydrogen-bond acceptors (Lipinski definition) is 0. The fourth-order valence-corrected chi connectivity index (χ4v) is 2.97. The third kappa shape index (κ3) is 2.62. The van der Waals surface area contributed by atoms with Gasteiger partial charge < -0.3 is 4.90 Å². The highest BCUT2D eigenvalue weighted by atomic mass is 15.3. The molecule has 1 aliphatic heterocycles. The van der Waals surface area contributed by atoms with Crippen molar-refractivity contribution < 1.29 is 9.48 Å². The van der Waals surface area contributed by atoms with E-state index in [9.17, 15) is 0 Å². The van der Waals surface area contributed by atoms with Gasteiger partial charge in [0.05, 0.1) is 6.04 Å². The van der Waals surface area contributed by atoms with Crippen LogP contribution in [0.3, 0.4) is 0 Å².